The summed E-state index contributed by atoms with van der Waals surface area (Å²) in [6.07, 6.45) is 7.70. The van der Waals surface area contributed by atoms with Crippen molar-refractivity contribution in [3.05, 3.63) is 204 Å². The molecule has 4 heterocycles. The van der Waals surface area contributed by atoms with Gasteiger partial charge in [-0.1, -0.05) is 135 Å². The van der Waals surface area contributed by atoms with Crippen LogP contribution in [0.25, 0.3) is 71.4 Å². The maximum Gasteiger partial charge on any atom is 0.242 e. The number of hydrogen-bond donors (Lipinski definition) is 0. The summed E-state index contributed by atoms with van der Waals surface area (Å²) in [6, 6.07) is 27.7. The quantitative estimate of drug-likeness (QED) is 0.101. The second-order valence-corrected chi connectivity index (χ2v) is 16.2. The van der Waals surface area contributed by atoms with Gasteiger partial charge in [0.25, 0.3) is 0 Å². The molecule has 8 heteroatoms. The molecule has 10 rings (SSSR count). The zero-order valence-corrected chi connectivity index (χ0v) is 37.5. The van der Waals surface area contributed by atoms with E-state index in [4.69, 9.17) is 30.0 Å². The topological polar surface area (TPSA) is 53.1 Å². The predicted octanol–water partition coefficient (Wildman–Crippen LogP) is 13.1. The molecule has 0 N–H and O–H groups in total. The second kappa shape index (κ2) is 17.6. The van der Waals surface area contributed by atoms with Gasteiger partial charge in [-0.05, 0) is 87.9 Å². The van der Waals surface area contributed by atoms with E-state index in [9.17, 15) is 0 Å². The molecule has 0 saturated heterocycles. The number of imidazole rings is 1. The van der Waals surface area contributed by atoms with E-state index in [-0.39, 0.29) is 60.9 Å². The van der Waals surface area contributed by atoms with Crippen molar-refractivity contribution in [1.82, 2.24) is 19.1 Å². The van der Waals surface area contributed by atoms with Crippen LogP contribution < -0.4 is 9.30 Å². The predicted molar refractivity (Wildman–Crippen MR) is 252 cm³/mol. The molecule has 7 nitrogen and oxygen atoms in total. The van der Waals surface area contributed by atoms with E-state index in [1.165, 1.54) is 0 Å². The van der Waals surface area contributed by atoms with Crippen LogP contribution in [0.1, 0.15) is 57.7 Å². The Morgan fingerprint density at radius 3 is 2.23 bits per heavy atom. The van der Waals surface area contributed by atoms with Crippen LogP contribution in [-0.2, 0) is 39.4 Å². The number of aromatic nitrogens is 5. The largest absolute Gasteiger partial charge is 0.511 e. The number of nitrogens with zero attached hydrogens (tertiary/aromatic N) is 6. The van der Waals surface area contributed by atoms with Crippen molar-refractivity contribution >= 4 is 38.5 Å². The van der Waals surface area contributed by atoms with Gasteiger partial charge in [-0.25, -0.2) is 4.98 Å². The Labute approximate surface area is 402 Å². The summed E-state index contributed by atoms with van der Waals surface area (Å²) in [4.78, 5) is 13.2. The van der Waals surface area contributed by atoms with Gasteiger partial charge in [0.2, 0.25) is 6.33 Å². The van der Waals surface area contributed by atoms with Crippen LogP contribution in [0.3, 0.4) is 0 Å². The Morgan fingerprint density at radius 1 is 0.781 bits per heavy atom. The van der Waals surface area contributed by atoms with Crippen molar-refractivity contribution in [2.75, 3.05) is 0 Å². The van der Waals surface area contributed by atoms with Gasteiger partial charge in [0, 0.05) is 50.4 Å². The summed E-state index contributed by atoms with van der Waals surface area (Å²) in [7, 11) is 0. The fourth-order valence-corrected chi connectivity index (χ4v) is 8.07. The van der Waals surface area contributed by atoms with E-state index < -0.39 is 60.4 Å². The number of rotatable bonds is 10. The van der Waals surface area contributed by atoms with Gasteiger partial charge in [-0.15, -0.1) is 29.7 Å². The van der Waals surface area contributed by atoms with E-state index >= 15 is 0 Å². The molecule has 0 aliphatic rings. The summed E-state index contributed by atoms with van der Waals surface area (Å²) in [5, 5.41) is 1.85. The minimum atomic E-state index is -0.549. The zero-order valence-electron chi connectivity index (χ0n) is 45.3. The molecule has 0 fully saturated rings. The Bertz CT molecular complexity index is 3830. The van der Waals surface area contributed by atoms with E-state index in [1.54, 1.807) is 34.9 Å². The van der Waals surface area contributed by atoms with Crippen LogP contribution >= 0.6 is 0 Å². The molecule has 4 aromatic heterocycles. The third-order valence-corrected chi connectivity index (χ3v) is 11.1. The Kier molecular flexibility index (Phi) is 8.69. The molecule has 0 amide bonds. The number of para-hydroxylation sites is 2. The summed E-state index contributed by atoms with van der Waals surface area (Å²) >= 11 is 0. The molecule has 0 spiro atoms. The summed E-state index contributed by atoms with van der Waals surface area (Å²) in [6.45, 7) is 16.8. The normalized spacial score (nSPS) is 13.7. The number of aryl methyl sites for hydroxylation is 2. The van der Waals surface area contributed by atoms with Gasteiger partial charge >= 0.3 is 0 Å². The molecule has 0 radical (unpaired) electrons. The third-order valence-electron chi connectivity index (χ3n) is 11.1. The number of hydrogen-bond acceptors (Lipinski definition) is 3. The minimum Gasteiger partial charge on any atom is -0.511 e. The monoisotopic (exact) mass is 1020 g/mol. The van der Waals surface area contributed by atoms with E-state index in [2.05, 4.69) is 59.7 Å². The van der Waals surface area contributed by atoms with Crippen LogP contribution in [0.15, 0.2) is 158 Å². The summed E-state index contributed by atoms with van der Waals surface area (Å²) in [5.74, 6) is 1.39. The van der Waals surface area contributed by atoms with Gasteiger partial charge in [0.05, 0.1) is 43.5 Å². The molecular formula is C56H44N6OPt-2. The first-order valence-corrected chi connectivity index (χ1v) is 20.5. The van der Waals surface area contributed by atoms with Gasteiger partial charge in [0.1, 0.15) is 5.82 Å². The molecule has 316 valence electrons. The molecule has 0 aliphatic carbocycles. The number of benzene rings is 6. The maximum absolute atomic E-state index is 8.86. The molecule has 0 bridgehead atoms. The van der Waals surface area contributed by atoms with E-state index in [0.717, 1.165) is 49.9 Å². The fourth-order valence-electron chi connectivity index (χ4n) is 8.07. The summed E-state index contributed by atoms with van der Waals surface area (Å²) < 4.78 is 98.0. The van der Waals surface area contributed by atoms with Crippen molar-refractivity contribution in [3.8, 4) is 45.3 Å². The fraction of sp³-hybridized carbons (Fsp3) is 0.143. The van der Waals surface area contributed by atoms with Crippen LogP contribution in [0.5, 0.6) is 11.5 Å². The van der Waals surface area contributed by atoms with E-state index in [0.29, 0.717) is 35.7 Å². The van der Waals surface area contributed by atoms with Crippen LogP contribution in [-0.4, -0.2) is 19.1 Å². The molecule has 64 heavy (non-hydrogen) atoms. The summed E-state index contributed by atoms with van der Waals surface area (Å²) in [5.41, 5.74) is 6.73. The standard InChI is InChI=1S/C56H44N6O.Pt/c1-38-30-53-50(36-59-38)49-26-25-44(35-54(49)62(53)55-31-41(27-28-58-55)56(2,3)4)63-45-33-42(57-5)32-43(34-45)61-37-60(51-23-12-13-24-52(51)61)29-15-22-48-46(39-16-8-6-9-17-39)20-14-21-47(48)40-18-10-7-11-19-40;/h6-14,16-21,23-28,30-33,36H,15,22,29H2,1-4H3;/q-2;/i6D,7D,8D,9D,10D,11D,16D,17D,18D,19D;. The zero-order chi connectivity index (χ0) is 51.8. The first kappa shape index (κ1) is 31.7. The van der Waals surface area contributed by atoms with Crippen molar-refractivity contribution in [3.63, 3.8) is 0 Å². The maximum atomic E-state index is 8.86. The molecule has 10 aromatic rings. The van der Waals surface area contributed by atoms with Gasteiger partial charge < -0.3 is 18.4 Å². The number of fused-ring (bicyclic) bond motifs is 4. The average molecular weight is 1020 g/mol. The van der Waals surface area contributed by atoms with Gasteiger partial charge in [-0.2, -0.15) is 12.1 Å². The number of ether oxygens (including phenoxy) is 1. The molecule has 0 saturated carbocycles. The molecule has 6 aromatic carbocycles. The van der Waals surface area contributed by atoms with Crippen molar-refractivity contribution < 1.29 is 44.1 Å². The SMILES string of the molecule is [2H]c1c([2H])c([2H])c(-c2cccc(-c3c([2H])c([2H])c([2H])c([2H])c3[2H])c2CCC[n+]2[c-]n(-c3[c-]c(Oc4[c-]c5c(cc4)c4cnc(C)cc4n5-c4cc(C(C)(C)C)ccn4)cc([N+]#[C-])c3)c3ccccc32)c([2H])c1[2H].[Pt]. The molecule has 0 unspecified atom stereocenters. The van der Waals surface area contributed by atoms with Gasteiger partial charge in [-0.3, -0.25) is 9.83 Å². The van der Waals surface area contributed by atoms with Crippen LogP contribution in [0.2, 0.25) is 0 Å². The van der Waals surface area contributed by atoms with Crippen LogP contribution in [0, 0.1) is 32.0 Å². The molecule has 0 atom stereocenters. The Hall–Kier alpha value is -7.13. The van der Waals surface area contributed by atoms with Crippen molar-refractivity contribution in [2.24, 2.45) is 0 Å². The first-order chi connectivity index (χ1) is 34.9. The average Bonchev–Trinajstić information content (AvgIpc) is 3.91. The Balaban J connectivity index is 0.00000672. The van der Waals surface area contributed by atoms with E-state index in [1.807, 2.05) is 72.4 Å². The van der Waals surface area contributed by atoms with Crippen molar-refractivity contribution in [1.29, 1.82) is 0 Å². The number of pyridine rings is 2. The van der Waals surface area contributed by atoms with Crippen LogP contribution in [0.4, 0.5) is 5.69 Å². The molecule has 0 aliphatic heterocycles. The first-order valence-electron chi connectivity index (χ1n) is 25.5. The smallest absolute Gasteiger partial charge is 0.242 e. The third kappa shape index (κ3) is 8.14. The second-order valence-electron chi connectivity index (χ2n) is 16.2. The molecular weight excluding hydrogens is 968 g/mol. The van der Waals surface area contributed by atoms with Crippen molar-refractivity contribution in [2.45, 2.75) is 52.5 Å². The van der Waals surface area contributed by atoms with Gasteiger partial charge in [0.15, 0.2) is 0 Å². The Morgan fingerprint density at radius 2 is 1.52 bits per heavy atom. The minimum absolute atomic E-state index is 0.